The molecule has 6 nitrogen and oxygen atoms in total. The molecule has 0 spiro atoms. The molecule has 0 saturated heterocycles. The molecule has 0 fully saturated rings. The molecule has 0 N–H and O–H groups in total. The lowest BCUT2D eigenvalue weighted by Gasteiger charge is -2.18. The van der Waals surface area contributed by atoms with Crippen LogP contribution in [0.3, 0.4) is 0 Å². The van der Waals surface area contributed by atoms with Crippen molar-refractivity contribution < 1.29 is 28.6 Å². The number of hydrogen-bond donors (Lipinski definition) is 0. The van der Waals surface area contributed by atoms with Crippen LogP contribution in [-0.2, 0) is 28.6 Å². The molecule has 0 unspecified atom stereocenters. The minimum absolute atomic E-state index is 0.122. The normalized spacial score (nSPS) is 13.1. The van der Waals surface area contributed by atoms with Crippen LogP contribution in [0.25, 0.3) is 0 Å². The SMILES string of the molecule is CC/C=C\C/C=C\C/C=C\C/C=C\C/C=C\C/C=C\CCC(=O)O[C@@H](COC(=O)CCCCCC/C=C\C/C=C\C/C=C\CCCCC)COC(=O)CCCCCCCCCCC/C=C\C/C=C\CCCCC. The topological polar surface area (TPSA) is 78.9 Å². The third kappa shape index (κ3) is 58.3. The van der Waals surface area contributed by atoms with Gasteiger partial charge < -0.3 is 14.2 Å². The summed E-state index contributed by atoms with van der Waals surface area (Å²) in [6, 6.07) is 0. The van der Waals surface area contributed by atoms with Crippen LogP contribution in [-0.4, -0.2) is 37.2 Å². The molecule has 0 aliphatic heterocycles. The van der Waals surface area contributed by atoms with E-state index in [0.29, 0.717) is 19.3 Å². The van der Waals surface area contributed by atoms with Crippen LogP contribution < -0.4 is 0 Å². The highest BCUT2D eigenvalue weighted by Gasteiger charge is 2.19. The standard InChI is InChI=1S/C67H108O6/c1-4-7-10-13-16-19-22-25-28-31-33-36-39-42-45-48-51-54-57-60-66(69)72-63-64(62-71-65(68)59-56-53-50-47-44-41-38-35-30-27-24-21-18-15-12-9-6-3)73-67(70)61-58-55-52-49-46-43-40-37-34-32-29-26-23-20-17-14-11-8-5-2/h8,11,16-21,25-30,34,37-38,41,43,46,52,55,64H,4-7,9-10,12-15,22-24,31-33,35-36,39-40,42,44-45,47-51,53-54,56-63H2,1-3H3/b11-8-,19-16-,20-17-,21-18-,28-25-,29-26-,30-27-,37-34-,41-38-,46-43-,55-52-/t64-/m0/s1. The van der Waals surface area contributed by atoms with E-state index in [0.717, 1.165) is 109 Å². The van der Waals surface area contributed by atoms with E-state index >= 15 is 0 Å². The van der Waals surface area contributed by atoms with Crippen molar-refractivity contribution in [2.75, 3.05) is 13.2 Å². The van der Waals surface area contributed by atoms with Gasteiger partial charge in [-0.15, -0.1) is 0 Å². The van der Waals surface area contributed by atoms with Gasteiger partial charge in [0.05, 0.1) is 0 Å². The quantitative estimate of drug-likeness (QED) is 0.0261. The molecule has 1 atom stereocenters. The van der Waals surface area contributed by atoms with Crippen molar-refractivity contribution in [2.45, 2.75) is 258 Å². The minimum Gasteiger partial charge on any atom is -0.462 e. The molecule has 0 heterocycles. The fourth-order valence-corrected chi connectivity index (χ4v) is 7.68. The molecular weight excluding hydrogens is 901 g/mol. The van der Waals surface area contributed by atoms with Crippen molar-refractivity contribution in [1.82, 2.24) is 0 Å². The van der Waals surface area contributed by atoms with Crippen molar-refractivity contribution >= 4 is 17.9 Å². The number of esters is 3. The van der Waals surface area contributed by atoms with Crippen LogP contribution in [0.1, 0.15) is 252 Å². The molecule has 0 aliphatic rings. The summed E-state index contributed by atoms with van der Waals surface area (Å²) >= 11 is 0. The Kier molecular flexibility index (Phi) is 56.4. The van der Waals surface area contributed by atoms with E-state index in [-0.39, 0.29) is 31.6 Å². The lowest BCUT2D eigenvalue weighted by molar-refractivity contribution is -0.166. The average Bonchev–Trinajstić information content (AvgIpc) is 3.39. The van der Waals surface area contributed by atoms with Gasteiger partial charge in [0.15, 0.2) is 6.10 Å². The van der Waals surface area contributed by atoms with E-state index in [1.807, 2.05) is 12.2 Å². The molecule has 6 heteroatoms. The lowest BCUT2D eigenvalue weighted by atomic mass is 10.1. The molecule has 0 amide bonds. The molecule has 0 aromatic heterocycles. The smallest absolute Gasteiger partial charge is 0.306 e. The zero-order valence-corrected chi connectivity index (χ0v) is 47.1. The predicted molar refractivity (Wildman–Crippen MR) is 316 cm³/mol. The van der Waals surface area contributed by atoms with E-state index in [1.165, 1.54) is 96.3 Å². The van der Waals surface area contributed by atoms with Crippen LogP contribution in [0.2, 0.25) is 0 Å². The Morgan fingerprint density at radius 3 is 0.890 bits per heavy atom. The van der Waals surface area contributed by atoms with Gasteiger partial charge in [-0.25, -0.2) is 0 Å². The van der Waals surface area contributed by atoms with Gasteiger partial charge in [0.2, 0.25) is 0 Å². The Balaban J connectivity index is 4.56. The molecule has 0 aromatic rings. The fourth-order valence-electron chi connectivity index (χ4n) is 7.68. The van der Waals surface area contributed by atoms with Crippen molar-refractivity contribution in [2.24, 2.45) is 0 Å². The highest BCUT2D eigenvalue weighted by molar-refractivity contribution is 5.71. The zero-order valence-electron chi connectivity index (χ0n) is 47.1. The maximum absolute atomic E-state index is 12.8. The van der Waals surface area contributed by atoms with Crippen molar-refractivity contribution in [3.63, 3.8) is 0 Å². The van der Waals surface area contributed by atoms with Gasteiger partial charge in [-0.2, -0.15) is 0 Å². The van der Waals surface area contributed by atoms with E-state index in [2.05, 4.69) is 142 Å². The number of hydrogen-bond acceptors (Lipinski definition) is 6. The van der Waals surface area contributed by atoms with Gasteiger partial charge in [-0.1, -0.05) is 238 Å². The second-order valence-electron chi connectivity index (χ2n) is 19.2. The van der Waals surface area contributed by atoms with E-state index in [4.69, 9.17) is 14.2 Å². The molecule has 73 heavy (non-hydrogen) atoms. The molecular formula is C67H108O6. The van der Waals surface area contributed by atoms with Crippen LogP contribution in [0.15, 0.2) is 134 Å². The zero-order chi connectivity index (χ0) is 52.9. The van der Waals surface area contributed by atoms with Gasteiger partial charge in [0.1, 0.15) is 13.2 Å². The lowest BCUT2D eigenvalue weighted by Crippen LogP contribution is -2.30. The number of carbonyl (C=O) groups is 3. The Hall–Kier alpha value is -4.45. The van der Waals surface area contributed by atoms with Crippen LogP contribution >= 0.6 is 0 Å². The number of carbonyl (C=O) groups excluding carboxylic acids is 3. The second-order valence-corrected chi connectivity index (χ2v) is 19.2. The largest absolute Gasteiger partial charge is 0.462 e. The Morgan fingerprint density at radius 1 is 0.288 bits per heavy atom. The second kappa shape index (κ2) is 60.1. The van der Waals surface area contributed by atoms with E-state index in [9.17, 15) is 14.4 Å². The third-order valence-corrected chi connectivity index (χ3v) is 12.1. The first-order valence-corrected chi connectivity index (χ1v) is 29.7. The molecule has 0 bridgehead atoms. The van der Waals surface area contributed by atoms with Crippen molar-refractivity contribution in [1.29, 1.82) is 0 Å². The monoisotopic (exact) mass is 1010 g/mol. The van der Waals surface area contributed by atoms with Gasteiger partial charge in [-0.3, -0.25) is 14.4 Å². The molecule has 0 aromatic carbocycles. The maximum Gasteiger partial charge on any atom is 0.306 e. The first-order chi connectivity index (χ1) is 36.0. The van der Waals surface area contributed by atoms with Crippen LogP contribution in [0.4, 0.5) is 0 Å². The first-order valence-electron chi connectivity index (χ1n) is 29.7. The molecule has 0 radical (unpaired) electrons. The highest BCUT2D eigenvalue weighted by Crippen LogP contribution is 2.14. The average molecular weight is 1010 g/mol. The van der Waals surface area contributed by atoms with Crippen LogP contribution in [0, 0.1) is 0 Å². The fraction of sp³-hybridized carbons (Fsp3) is 0.627. The summed E-state index contributed by atoms with van der Waals surface area (Å²) in [7, 11) is 0. The summed E-state index contributed by atoms with van der Waals surface area (Å²) in [6.07, 6.45) is 84.5. The van der Waals surface area contributed by atoms with Gasteiger partial charge >= 0.3 is 17.9 Å². The highest BCUT2D eigenvalue weighted by atomic mass is 16.6. The van der Waals surface area contributed by atoms with Crippen LogP contribution in [0.5, 0.6) is 0 Å². The maximum atomic E-state index is 12.8. The van der Waals surface area contributed by atoms with Gasteiger partial charge in [0.25, 0.3) is 0 Å². The summed E-state index contributed by atoms with van der Waals surface area (Å²) in [6.45, 7) is 6.39. The number of unbranched alkanes of at least 4 members (excludes halogenated alkanes) is 19. The minimum atomic E-state index is -0.836. The number of ether oxygens (including phenoxy) is 3. The predicted octanol–water partition coefficient (Wildman–Crippen LogP) is 20.2. The van der Waals surface area contributed by atoms with E-state index in [1.54, 1.807) is 0 Å². The molecule has 0 rings (SSSR count). The summed E-state index contributed by atoms with van der Waals surface area (Å²) in [5.41, 5.74) is 0. The van der Waals surface area contributed by atoms with Gasteiger partial charge in [0, 0.05) is 19.3 Å². The summed E-state index contributed by atoms with van der Waals surface area (Å²) in [4.78, 5) is 38.2. The van der Waals surface area contributed by atoms with E-state index < -0.39 is 12.1 Å². The summed E-state index contributed by atoms with van der Waals surface area (Å²) < 4.78 is 16.8. The third-order valence-electron chi connectivity index (χ3n) is 12.1. The Bertz CT molecular complexity index is 1580. The molecule has 0 aliphatic carbocycles. The van der Waals surface area contributed by atoms with Crippen molar-refractivity contribution in [3.8, 4) is 0 Å². The number of allylic oxidation sites excluding steroid dienone is 22. The summed E-state index contributed by atoms with van der Waals surface area (Å²) in [5.74, 6) is -1.04. The number of rotatable bonds is 52. The molecule has 0 saturated carbocycles. The first kappa shape index (κ1) is 68.6. The molecule has 412 valence electrons. The Morgan fingerprint density at radius 2 is 0.562 bits per heavy atom. The Labute approximate surface area is 449 Å². The summed E-state index contributed by atoms with van der Waals surface area (Å²) in [5, 5.41) is 0. The van der Waals surface area contributed by atoms with Crippen molar-refractivity contribution in [3.05, 3.63) is 134 Å². The van der Waals surface area contributed by atoms with Gasteiger partial charge in [-0.05, 0) is 128 Å².